The van der Waals surface area contributed by atoms with Crippen molar-refractivity contribution in [3.8, 4) is 0 Å². The van der Waals surface area contributed by atoms with E-state index in [1.54, 1.807) is 0 Å². The second kappa shape index (κ2) is 14.2. The third-order valence-electron chi connectivity index (χ3n) is 2.76. The molecule has 0 saturated heterocycles. The normalized spacial score (nSPS) is 11.3. The standard InChI is InChI=1S/C12H27O4P.Ga.3H/c1-2-3-4-5-6-7-8-9-10-11-12-16-17(13,14)15;;;;/h2-12H2,1H3,(H2,13,14,15);;;;. The van der Waals surface area contributed by atoms with E-state index in [0.717, 1.165) is 19.3 Å². The van der Waals surface area contributed by atoms with Gasteiger partial charge in [-0.3, -0.25) is 4.52 Å². The molecule has 0 aliphatic rings. The Morgan fingerprint density at radius 3 is 1.61 bits per heavy atom. The summed E-state index contributed by atoms with van der Waals surface area (Å²) in [5.74, 6) is 0. The molecule has 0 aromatic rings. The fraction of sp³-hybridized carbons (Fsp3) is 1.00. The molecule has 0 amide bonds. The van der Waals surface area contributed by atoms with Crippen LogP contribution in [0.5, 0.6) is 0 Å². The maximum absolute atomic E-state index is 10.4. The predicted octanol–water partition coefficient (Wildman–Crippen LogP) is 2.83. The van der Waals surface area contributed by atoms with Crippen LogP contribution in [0.4, 0.5) is 0 Å². The fourth-order valence-electron chi connectivity index (χ4n) is 1.77. The van der Waals surface area contributed by atoms with Crippen LogP contribution in [0.2, 0.25) is 0 Å². The van der Waals surface area contributed by atoms with E-state index in [2.05, 4.69) is 11.4 Å². The van der Waals surface area contributed by atoms with Gasteiger partial charge in [-0.05, 0) is 6.42 Å². The van der Waals surface area contributed by atoms with Gasteiger partial charge < -0.3 is 9.79 Å². The molecule has 0 aromatic carbocycles. The van der Waals surface area contributed by atoms with Crippen molar-refractivity contribution in [1.82, 2.24) is 0 Å². The van der Waals surface area contributed by atoms with Gasteiger partial charge in [-0.1, -0.05) is 64.7 Å². The number of rotatable bonds is 12. The molecule has 2 N–H and O–H groups in total. The third kappa shape index (κ3) is 19.1. The topological polar surface area (TPSA) is 66.8 Å². The van der Waals surface area contributed by atoms with E-state index in [-0.39, 0.29) is 26.4 Å². The van der Waals surface area contributed by atoms with Crippen LogP contribution in [0, 0.1) is 0 Å². The van der Waals surface area contributed by atoms with Crippen molar-refractivity contribution in [1.29, 1.82) is 0 Å². The Morgan fingerprint density at radius 2 is 1.22 bits per heavy atom. The Morgan fingerprint density at radius 1 is 0.833 bits per heavy atom. The first-order chi connectivity index (χ1) is 8.06. The van der Waals surface area contributed by atoms with Gasteiger partial charge in [0.15, 0.2) is 0 Å². The first-order valence-corrected chi connectivity index (χ1v) is 8.29. The molecule has 0 bridgehead atoms. The summed E-state index contributed by atoms with van der Waals surface area (Å²) < 4.78 is 14.7. The van der Waals surface area contributed by atoms with Gasteiger partial charge in [-0.15, -0.1) is 0 Å². The Bertz CT molecular complexity index is 208. The van der Waals surface area contributed by atoms with Gasteiger partial charge in [0.05, 0.1) is 6.61 Å². The molecular weight excluding hydrogens is 309 g/mol. The van der Waals surface area contributed by atoms with E-state index in [1.165, 1.54) is 44.9 Å². The summed E-state index contributed by atoms with van der Waals surface area (Å²) in [5, 5.41) is 0. The molecule has 0 aliphatic carbocycles. The minimum atomic E-state index is -4.24. The van der Waals surface area contributed by atoms with Crippen molar-refractivity contribution in [3.05, 3.63) is 0 Å². The molecule has 0 unspecified atom stereocenters. The van der Waals surface area contributed by atoms with Crippen molar-refractivity contribution >= 4 is 27.6 Å². The van der Waals surface area contributed by atoms with Crippen molar-refractivity contribution < 1.29 is 18.9 Å². The molecule has 0 aromatic heterocycles. The van der Waals surface area contributed by atoms with Gasteiger partial charge in [0.2, 0.25) is 0 Å². The van der Waals surface area contributed by atoms with Gasteiger partial charge in [-0.2, -0.15) is 0 Å². The van der Waals surface area contributed by atoms with Crippen LogP contribution >= 0.6 is 7.82 Å². The minimum absolute atomic E-state index is 0. The van der Waals surface area contributed by atoms with E-state index >= 15 is 0 Å². The van der Waals surface area contributed by atoms with Crippen molar-refractivity contribution in [2.75, 3.05) is 6.61 Å². The maximum atomic E-state index is 10.4. The van der Waals surface area contributed by atoms with Crippen LogP contribution in [-0.4, -0.2) is 36.2 Å². The molecule has 0 radical (unpaired) electrons. The molecule has 110 valence electrons. The van der Waals surface area contributed by atoms with Crippen molar-refractivity contribution in [3.63, 3.8) is 0 Å². The number of hydrogen-bond donors (Lipinski definition) is 2. The van der Waals surface area contributed by atoms with Gasteiger partial charge >= 0.3 is 27.6 Å². The second-order valence-corrected chi connectivity index (χ2v) is 5.75. The zero-order valence-corrected chi connectivity index (χ0v) is 11.8. The van der Waals surface area contributed by atoms with E-state index in [4.69, 9.17) is 9.79 Å². The SMILES string of the molecule is CCCCCCCCCCCCOP(=O)(O)O.[GaH3]. The molecule has 0 heterocycles. The molecule has 0 aliphatic heterocycles. The predicted molar refractivity (Wildman–Crippen MR) is 79.8 cm³/mol. The van der Waals surface area contributed by atoms with E-state index in [9.17, 15) is 4.57 Å². The average molecular weight is 339 g/mol. The Kier molecular flexibility index (Phi) is 16.6. The average Bonchev–Trinajstić information content (AvgIpc) is 2.24. The Labute approximate surface area is 124 Å². The number of phosphoric ester groups is 1. The summed E-state index contributed by atoms with van der Waals surface area (Å²) in [6.07, 6.45) is 12.0. The van der Waals surface area contributed by atoms with Gasteiger partial charge in [0, 0.05) is 0 Å². The molecule has 0 spiro atoms. The van der Waals surface area contributed by atoms with E-state index in [0.29, 0.717) is 0 Å². The quantitative estimate of drug-likeness (QED) is 0.326. The number of hydrogen-bond acceptors (Lipinski definition) is 2. The molecular formula is C12H30GaO4P. The van der Waals surface area contributed by atoms with Crippen molar-refractivity contribution in [2.24, 2.45) is 0 Å². The third-order valence-corrected chi connectivity index (χ3v) is 3.28. The summed E-state index contributed by atoms with van der Waals surface area (Å²) >= 11 is 0. The summed E-state index contributed by atoms with van der Waals surface area (Å²) in [5.41, 5.74) is 0. The van der Waals surface area contributed by atoms with E-state index in [1.807, 2.05) is 0 Å². The summed E-state index contributed by atoms with van der Waals surface area (Å²) in [6.45, 7) is 2.39. The zero-order chi connectivity index (χ0) is 13.0. The summed E-state index contributed by atoms with van der Waals surface area (Å²) in [7, 11) is -4.24. The van der Waals surface area contributed by atoms with E-state index < -0.39 is 7.82 Å². The van der Waals surface area contributed by atoms with Crippen LogP contribution in [-0.2, 0) is 9.09 Å². The molecule has 0 atom stereocenters. The van der Waals surface area contributed by atoms with Crippen LogP contribution in [0.25, 0.3) is 0 Å². The van der Waals surface area contributed by atoms with Crippen LogP contribution in [0.3, 0.4) is 0 Å². The first kappa shape index (κ1) is 21.1. The Hall–Kier alpha value is 0.746. The monoisotopic (exact) mass is 338 g/mol. The van der Waals surface area contributed by atoms with Crippen LogP contribution in [0.15, 0.2) is 0 Å². The first-order valence-electron chi connectivity index (χ1n) is 6.76. The van der Waals surface area contributed by atoms with Crippen molar-refractivity contribution in [2.45, 2.75) is 71.1 Å². The van der Waals surface area contributed by atoms with Crippen LogP contribution in [0.1, 0.15) is 71.1 Å². The molecule has 6 heteroatoms. The molecule has 0 saturated carbocycles. The zero-order valence-electron chi connectivity index (χ0n) is 10.9. The molecule has 18 heavy (non-hydrogen) atoms. The van der Waals surface area contributed by atoms with Crippen LogP contribution < -0.4 is 0 Å². The summed E-state index contributed by atoms with van der Waals surface area (Å²) in [6, 6.07) is 0. The molecule has 0 rings (SSSR count). The second-order valence-electron chi connectivity index (χ2n) is 4.51. The van der Waals surface area contributed by atoms with Gasteiger partial charge in [-0.25, -0.2) is 4.57 Å². The number of phosphoric acid groups is 1. The Balaban J connectivity index is 0. The van der Waals surface area contributed by atoms with Gasteiger partial charge in [0.25, 0.3) is 0 Å². The number of unbranched alkanes of at least 4 members (excludes halogenated alkanes) is 9. The van der Waals surface area contributed by atoms with Gasteiger partial charge in [0.1, 0.15) is 0 Å². The fourth-order valence-corrected chi connectivity index (χ4v) is 2.14. The molecule has 0 fully saturated rings. The molecule has 4 nitrogen and oxygen atoms in total. The summed E-state index contributed by atoms with van der Waals surface area (Å²) in [4.78, 5) is 16.9.